The lowest BCUT2D eigenvalue weighted by Crippen LogP contribution is -2.13. The molecule has 1 atom stereocenters. The van der Waals surface area contributed by atoms with E-state index >= 15 is 0 Å². The van der Waals surface area contributed by atoms with Crippen LogP contribution in [0.4, 0.5) is 5.69 Å². The van der Waals surface area contributed by atoms with Crippen LogP contribution in [0, 0.1) is 0 Å². The molecule has 2 aromatic carbocycles. The van der Waals surface area contributed by atoms with Gasteiger partial charge >= 0.3 is 5.97 Å². The van der Waals surface area contributed by atoms with Crippen molar-refractivity contribution in [1.29, 1.82) is 0 Å². The number of carboxylic acid groups (broad SMARTS) is 1. The summed E-state index contributed by atoms with van der Waals surface area (Å²) in [6.45, 7) is 2.49. The monoisotopic (exact) mass is 343 g/mol. The van der Waals surface area contributed by atoms with Gasteiger partial charge in [-0.15, -0.1) is 0 Å². The van der Waals surface area contributed by atoms with Crippen LogP contribution in [-0.4, -0.2) is 37.3 Å². The number of hydrogen-bond acceptors (Lipinski definition) is 4. The van der Waals surface area contributed by atoms with E-state index < -0.39 is 11.9 Å². The van der Waals surface area contributed by atoms with E-state index in [1.165, 1.54) is 0 Å². The molecule has 0 spiro atoms. The van der Waals surface area contributed by atoms with E-state index in [2.05, 4.69) is 5.32 Å². The van der Waals surface area contributed by atoms with E-state index in [4.69, 9.17) is 14.6 Å². The number of methoxy groups -OCH3 is 1. The van der Waals surface area contributed by atoms with Crippen LogP contribution in [0.25, 0.3) is 0 Å². The lowest BCUT2D eigenvalue weighted by molar-refractivity contribution is -0.138. The van der Waals surface area contributed by atoms with Crippen LogP contribution >= 0.6 is 0 Å². The number of benzene rings is 2. The van der Waals surface area contributed by atoms with Gasteiger partial charge in [0, 0.05) is 18.4 Å². The molecule has 0 saturated carbocycles. The van der Waals surface area contributed by atoms with Crippen molar-refractivity contribution in [3.63, 3.8) is 0 Å². The molecule has 2 aromatic rings. The Hall–Kier alpha value is -2.86. The van der Waals surface area contributed by atoms with E-state index in [1.54, 1.807) is 62.6 Å². The van der Waals surface area contributed by atoms with Gasteiger partial charge in [-0.2, -0.15) is 0 Å². The van der Waals surface area contributed by atoms with Crippen LogP contribution in [0.3, 0.4) is 0 Å². The third kappa shape index (κ3) is 5.32. The SMILES string of the molecule is COCCOc1cccc(C(=O)Nc2ccc(C(C)C(=O)O)cc2)c1. The highest BCUT2D eigenvalue weighted by molar-refractivity contribution is 6.04. The average molecular weight is 343 g/mol. The van der Waals surface area contributed by atoms with Crippen LogP contribution in [0.1, 0.15) is 28.8 Å². The molecular formula is C19H21NO5. The number of carboxylic acids is 1. The zero-order chi connectivity index (χ0) is 18.2. The topological polar surface area (TPSA) is 84.9 Å². The smallest absolute Gasteiger partial charge is 0.310 e. The maximum atomic E-state index is 12.3. The van der Waals surface area contributed by atoms with Crippen molar-refractivity contribution in [2.75, 3.05) is 25.6 Å². The zero-order valence-electron chi connectivity index (χ0n) is 14.2. The van der Waals surface area contributed by atoms with Crippen LogP contribution in [-0.2, 0) is 9.53 Å². The number of amides is 1. The van der Waals surface area contributed by atoms with Crippen molar-refractivity contribution in [2.45, 2.75) is 12.8 Å². The summed E-state index contributed by atoms with van der Waals surface area (Å²) in [4.78, 5) is 23.3. The highest BCUT2D eigenvalue weighted by atomic mass is 16.5. The minimum Gasteiger partial charge on any atom is -0.491 e. The van der Waals surface area contributed by atoms with Gasteiger partial charge in [-0.25, -0.2) is 0 Å². The molecular weight excluding hydrogens is 322 g/mol. The fraction of sp³-hybridized carbons (Fsp3) is 0.263. The van der Waals surface area contributed by atoms with Gasteiger partial charge in [-0.1, -0.05) is 18.2 Å². The molecule has 0 fully saturated rings. The van der Waals surface area contributed by atoms with Gasteiger partial charge in [-0.05, 0) is 42.8 Å². The summed E-state index contributed by atoms with van der Waals surface area (Å²) < 4.78 is 10.4. The summed E-state index contributed by atoms with van der Waals surface area (Å²) >= 11 is 0. The van der Waals surface area contributed by atoms with Crippen molar-refractivity contribution >= 4 is 17.6 Å². The van der Waals surface area contributed by atoms with Crippen LogP contribution in [0.2, 0.25) is 0 Å². The lowest BCUT2D eigenvalue weighted by Gasteiger charge is -2.10. The van der Waals surface area contributed by atoms with Crippen molar-refractivity contribution in [3.05, 3.63) is 59.7 Å². The van der Waals surface area contributed by atoms with E-state index in [-0.39, 0.29) is 5.91 Å². The average Bonchev–Trinajstić information content (AvgIpc) is 2.62. The fourth-order valence-corrected chi connectivity index (χ4v) is 2.17. The maximum Gasteiger partial charge on any atom is 0.310 e. The second kappa shape index (κ2) is 8.84. The van der Waals surface area contributed by atoms with Crippen LogP contribution < -0.4 is 10.1 Å². The van der Waals surface area contributed by atoms with Crippen molar-refractivity contribution in [2.24, 2.45) is 0 Å². The highest BCUT2D eigenvalue weighted by Gasteiger charge is 2.13. The molecule has 0 aromatic heterocycles. The Morgan fingerprint density at radius 1 is 1.12 bits per heavy atom. The first kappa shape index (κ1) is 18.5. The molecule has 0 radical (unpaired) electrons. The molecule has 2 rings (SSSR count). The van der Waals surface area contributed by atoms with Crippen LogP contribution in [0.5, 0.6) is 5.75 Å². The first-order valence-electron chi connectivity index (χ1n) is 7.87. The molecule has 2 N–H and O–H groups in total. The second-order valence-corrected chi connectivity index (χ2v) is 5.51. The first-order chi connectivity index (χ1) is 12.0. The van der Waals surface area contributed by atoms with Crippen LogP contribution in [0.15, 0.2) is 48.5 Å². The number of aliphatic carboxylic acids is 1. The molecule has 0 heterocycles. The summed E-state index contributed by atoms with van der Waals surface area (Å²) in [5.74, 6) is -1.15. The molecule has 0 aliphatic carbocycles. The number of anilines is 1. The Morgan fingerprint density at radius 3 is 2.48 bits per heavy atom. The van der Waals surface area contributed by atoms with Crippen molar-refractivity contribution in [3.8, 4) is 5.75 Å². The molecule has 6 heteroatoms. The largest absolute Gasteiger partial charge is 0.491 e. The summed E-state index contributed by atoms with van der Waals surface area (Å²) in [6.07, 6.45) is 0. The van der Waals surface area contributed by atoms with Gasteiger partial charge in [0.2, 0.25) is 0 Å². The molecule has 0 saturated heterocycles. The van der Waals surface area contributed by atoms with Gasteiger partial charge in [0.15, 0.2) is 0 Å². The maximum absolute atomic E-state index is 12.3. The van der Waals surface area contributed by atoms with Gasteiger partial charge < -0.3 is 19.9 Å². The predicted octanol–water partition coefficient (Wildman–Crippen LogP) is 3.15. The third-order valence-corrected chi connectivity index (χ3v) is 3.69. The Kier molecular flexibility index (Phi) is 6.54. The third-order valence-electron chi connectivity index (χ3n) is 3.69. The summed E-state index contributed by atoms with van der Waals surface area (Å²) in [5, 5.41) is 11.8. The zero-order valence-corrected chi connectivity index (χ0v) is 14.2. The molecule has 0 aliphatic rings. The summed E-state index contributed by atoms with van der Waals surface area (Å²) in [6, 6.07) is 13.6. The Labute approximate surface area is 146 Å². The lowest BCUT2D eigenvalue weighted by atomic mass is 10.0. The van der Waals surface area contributed by atoms with Gasteiger partial charge in [0.25, 0.3) is 5.91 Å². The number of hydrogen-bond donors (Lipinski definition) is 2. The number of ether oxygens (including phenoxy) is 2. The number of carbonyl (C=O) groups is 2. The van der Waals surface area contributed by atoms with Crippen molar-refractivity contribution in [1.82, 2.24) is 0 Å². The fourth-order valence-electron chi connectivity index (χ4n) is 2.17. The molecule has 1 unspecified atom stereocenters. The molecule has 0 aliphatic heterocycles. The van der Waals surface area contributed by atoms with E-state index in [1.807, 2.05) is 0 Å². The molecule has 6 nitrogen and oxygen atoms in total. The van der Waals surface area contributed by atoms with Gasteiger partial charge in [0.05, 0.1) is 12.5 Å². The summed E-state index contributed by atoms with van der Waals surface area (Å²) in [5.41, 5.74) is 1.74. The summed E-state index contributed by atoms with van der Waals surface area (Å²) in [7, 11) is 1.59. The van der Waals surface area contributed by atoms with Crippen molar-refractivity contribution < 1.29 is 24.2 Å². The van der Waals surface area contributed by atoms with Gasteiger partial charge in [0.1, 0.15) is 12.4 Å². The quantitative estimate of drug-likeness (QED) is 0.719. The molecule has 0 bridgehead atoms. The molecule has 25 heavy (non-hydrogen) atoms. The number of carbonyl (C=O) groups excluding carboxylic acids is 1. The number of nitrogens with one attached hydrogen (secondary N) is 1. The van der Waals surface area contributed by atoms with E-state index in [9.17, 15) is 9.59 Å². The Morgan fingerprint density at radius 2 is 1.84 bits per heavy atom. The highest BCUT2D eigenvalue weighted by Crippen LogP contribution is 2.19. The van der Waals surface area contributed by atoms with E-state index in [0.717, 1.165) is 0 Å². The molecule has 1 amide bonds. The predicted molar refractivity (Wildman–Crippen MR) is 94.3 cm³/mol. The molecule has 132 valence electrons. The minimum absolute atomic E-state index is 0.267. The normalized spacial score (nSPS) is 11.6. The van der Waals surface area contributed by atoms with Gasteiger partial charge in [-0.3, -0.25) is 9.59 Å². The number of rotatable bonds is 8. The minimum atomic E-state index is -0.887. The Bertz CT molecular complexity index is 727. The standard InChI is InChI=1S/C19H21NO5/c1-13(19(22)23)14-6-8-16(9-7-14)20-18(21)15-4-3-5-17(12-15)25-11-10-24-2/h3-9,12-13H,10-11H2,1-2H3,(H,20,21)(H,22,23). The Balaban J connectivity index is 2.02. The second-order valence-electron chi connectivity index (χ2n) is 5.51. The van der Waals surface area contributed by atoms with E-state index in [0.29, 0.717) is 35.8 Å². The first-order valence-corrected chi connectivity index (χ1v) is 7.87.